The van der Waals surface area contributed by atoms with Crippen molar-refractivity contribution >= 4 is 11.6 Å². The minimum absolute atomic E-state index is 0.105. The molecular weight excluding hydrogens is 288 g/mol. The molecule has 1 amide bonds. The van der Waals surface area contributed by atoms with Gasteiger partial charge in [-0.3, -0.25) is 14.9 Å². The van der Waals surface area contributed by atoms with E-state index in [-0.39, 0.29) is 28.9 Å². The van der Waals surface area contributed by atoms with Gasteiger partial charge in [-0.25, -0.2) is 9.67 Å². The smallest absolute Gasteiger partial charge is 0.295 e. The molecule has 0 fully saturated rings. The number of nitrogens with one attached hydrogen (secondary N) is 2. The lowest BCUT2D eigenvalue weighted by Crippen LogP contribution is -2.37. The van der Waals surface area contributed by atoms with Crippen LogP contribution in [-0.4, -0.2) is 45.2 Å². The number of rotatable bonds is 6. The van der Waals surface area contributed by atoms with Gasteiger partial charge >= 0.3 is 0 Å². The zero-order valence-electron chi connectivity index (χ0n) is 12.2. The van der Waals surface area contributed by atoms with Crippen molar-refractivity contribution in [3.05, 3.63) is 46.5 Å². The minimum atomic E-state index is -0.552. The SMILES string of the molecule is CNC(C)CNC(=O)c1ccc(-n2cncn2)c([N+](=O)[O-])c1. The van der Waals surface area contributed by atoms with Crippen molar-refractivity contribution in [3.63, 3.8) is 0 Å². The summed E-state index contributed by atoms with van der Waals surface area (Å²) in [6.45, 7) is 2.34. The quantitative estimate of drug-likeness (QED) is 0.593. The standard InChI is InChI=1S/C13H16N6O3/c1-9(14-2)6-16-13(20)10-3-4-11(12(5-10)19(21)22)18-8-15-7-17-18/h3-5,7-9,14H,6H2,1-2H3,(H,16,20). The second-order valence-corrected chi connectivity index (χ2v) is 4.70. The minimum Gasteiger partial charge on any atom is -0.350 e. The molecule has 2 aromatic rings. The molecule has 0 bridgehead atoms. The molecule has 0 aliphatic rings. The van der Waals surface area contributed by atoms with Gasteiger partial charge in [0.2, 0.25) is 0 Å². The number of benzene rings is 1. The number of nitro benzene ring substituents is 1. The highest BCUT2D eigenvalue weighted by atomic mass is 16.6. The predicted molar refractivity (Wildman–Crippen MR) is 78.9 cm³/mol. The molecule has 22 heavy (non-hydrogen) atoms. The zero-order valence-corrected chi connectivity index (χ0v) is 12.2. The molecule has 1 aromatic heterocycles. The first kappa shape index (κ1) is 15.6. The second-order valence-electron chi connectivity index (χ2n) is 4.70. The van der Waals surface area contributed by atoms with Gasteiger partial charge in [0.25, 0.3) is 11.6 Å². The lowest BCUT2D eigenvalue weighted by atomic mass is 10.1. The number of carbonyl (C=O) groups is 1. The summed E-state index contributed by atoms with van der Waals surface area (Å²) in [4.78, 5) is 26.5. The largest absolute Gasteiger partial charge is 0.350 e. The molecule has 0 aliphatic carbocycles. The molecule has 1 heterocycles. The first-order chi connectivity index (χ1) is 10.5. The normalized spacial score (nSPS) is 11.9. The van der Waals surface area contributed by atoms with Gasteiger partial charge in [0.1, 0.15) is 18.3 Å². The van der Waals surface area contributed by atoms with Gasteiger partial charge in [-0.2, -0.15) is 5.10 Å². The average molecular weight is 304 g/mol. The molecule has 1 unspecified atom stereocenters. The summed E-state index contributed by atoms with van der Waals surface area (Å²) in [5.74, 6) is -0.365. The number of carbonyl (C=O) groups excluding carboxylic acids is 1. The van der Waals surface area contributed by atoms with Crippen molar-refractivity contribution in [3.8, 4) is 5.69 Å². The van der Waals surface area contributed by atoms with E-state index in [0.29, 0.717) is 6.54 Å². The van der Waals surface area contributed by atoms with E-state index in [1.165, 1.54) is 35.5 Å². The van der Waals surface area contributed by atoms with E-state index in [1.54, 1.807) is 7.05 Å². The van der Waals surface area contributed by atoms with E-state index >= 15 is 0 Å². The molecule has 1 atom stereocenters. The van der Waals surface area contributed by atoms with Crippen LogP contribution in [-0.2, 0) is 0 Å². The summed E-state index contributed by atoms with van der Waals surface area (Å²) < 4.78 is 1.28. The zero-order chi connectivity index (χ0) is 16.1. The lowest BCUT2D eigenvalue weighted by Gasteiger charge is -2.11. The van der Waals surface area contributed by atoms with E-state index in [0.717, 1.165) is 0 Å². The molecule has 116 valence electrons. The fourth-order valence-corrected chi connectivity index (χ4v) is 1.79. The molecule has 9 nitrogen and oxygen atoms in total. The monoisotopic (exact) mass is 304 g/mol. The van der Waals surface area contributed by atoms with Crippen molar-refractivity contribution in [2.75, 3.05) is 13.6 Å². The summed E-state index contributed by atoms with van der Waals surface area (Å²) in [5.41, 5.74) is 0.265. The van der Waals surface area contributed by atoms with Gasteiger partial charge in [-0.15, -0.1) is 0 Å². The Morgan fingerprint density at radius 2 is 2.27 bits per heavy atom. The van der Waals surface area contributed by atoms with Crippen molar-refractivity contribution in [2.24, 2.45) is 0 Å². The van der Waals surface area contributed by atoms with Crippen LogP contribution in [0.15, 0.2) is 30.9 Å². The number of likely N-dealkylation sites (N-methyl/N-ethyl adjacent to an activating group) is 1. The highest BCUT2D eigenvalue weighted by Crippen LogP contribution is 2.23. The average Bonchev–Trinajstić information content (AvgIpc) is 3.05. The Morgan fingerprint density at radius 1 is 1.50 bits per heavy atom. The van der Waals surface area contributed by atoms with E-state index in [9.17, 15) is 14.9 Å². The number of amides is 1. The molecular formula is C13H16N6O3. The Bertz CT molecular complexity index is 670. The molecule has 2 N–H and O–H groups in total. The van der Waals surface area contributed by atoms with Crippen LogP contribution in [0.5, 0.6) is 0 Å². The van der Waals surface area contributed by atoms with Crippen LogP contribution in [0.1, 0.15) is 17.3 Å². The Labute approximate surface area is 126 Å². The van der Waals surface area contributed by atoms with Crippen LogP contribution in [0.4, 0.5) is 5.69 Å². The van der Waals surface area contributed by atoms with Crippen molar-refractivity contribution in [2.45, 2.75) is 13.0 Å². The molecule has 0 saturated heterocycles. The highest BCUT2D eigenvalue weighted by molar-refractivity contribution is 5.95. The number of aromatic nitrogens is 3. The van der Waals surface area contributed by atoms with Crippen molar-refractivity contribution in [1.82, 2.24) is 25.4 Å². The maximum Gasteiger partial charge on any atom is 0.295 e. The molecule has 0 saturated carbocycles. The topological polar surface area (TPSA) is 115 Å². The Hall–Kier alpha value is -2.81. The lowest BCUT2D eigenvalue weighted by molar-refractivity contribution is -0.384. The fourth-order valence-electron chi connectivity index (χ4n) is 1.79. The molecule has 0 radical (unpaired) electrons. The van der Waals surface area contributed by atoms with Crippen molar-refractivity contribution in [1.29, 1.82) is 0 Å². The summed E-state index contributed by atoms with van der Waals surface area (Å²) in [5, 5.41) is 20.8. The first-order valence-corrected chi connectivity index (χ1v) is 6.62. The maximum absolute atomic E-state index is 12.0. The van der Waals surface area contributed by atoms with Gasteiger partial charge in [0, 0.05) is 24.2 Å². The molecule has 0 spiro atoms. The van der Waals surface area contributed by atoms with Gasteiger partial charge in [0.05, 0.1) is 4.92 Å². The van der Waals surface area contributed by atoms with Gasteiger partial charge < -0.3 is 10.6 Å². The molecule has 9 heteroatoms. The number of nitrogens with zero attached hydrogens (tertiary/aromatic N) is 4. The Kier molecular flexibility index (Phi) is 4.79. The maximum atomic E-state index is 12.0. The van der Waals surface area contributed by atoms with Gasteiger partial charge in [-0.1, -0.05) is 0 Å². The van der Waals surface area contributed by atoms with Crippen molar-refractivity contribution < 1.29 is 9.72 Å². The van der Waals surface area contributed by atoms with Crippen LogP contribution in [0.2, 0.25) is 0 Å². The third-order valence-corrected chi connectivity index (χ3v) is 3.16. The summed E-state index contributed by atoms with van der Waals surface area (Å²) >= 11 is 0. The highest BCUT2D eigenvalue weighted by Gasteiger charge is 2.19. The Morgan fingerprint density at radius 3 is 2.86 bits per heavy atom. The van der Waals surface area contributed by atoms with Crippen LogP contribution >= 0.6 is 0 Å². The van der Waals surface area contributed by atoms with Gasteiger partial charge in [0.15, 0.2) is 0 Å². The summed E-state index contributed by atoms with van der Waals surface area (Å²) in [7, 11) is 1.79. The number of hydrogen-bond donors (Lipinski definition) is 2. The summed E-state index contributed by atoms with van der Waals surface area (Å²) in [6.07, 6.45) is 2.64. The third kappa shape index (κ3) is 3.44. The van der Waals surface area contributed by atoms with Crippen LogP contribution in [0.3, 0.4) is 0 Å². The summed E-state index contributed by atoms with van der Waals surface area (Å²) in [6, 6.07) is 4.33. The van der Waals surface area contributed by atoms with E-state index < -0.39 is 4.92 Å². The Balaban J connectivity index is 2.26. The van der Waals surface area contributed by atoms with Crippen LogP contribution < -0.4 is 10.6 Å². The van der Waals surface area contributed by atoms with E-state index in [2.05, 4.69) is 20.7 Å². The third-order valence-electron chi connectivity index (χ3n) is 3.16. The first-order valence-electron chi connectivity index (χ1n) is 6.62. The van der Waals surface area contributed by atoms with Gasteiger partial charge in [-0.05, 0) is 26.1 Å². The molecule has 1 aromatic carbocycles. The van der Waals surface area contributed by atoms with Crippen LogP contribution in [0, 0.1) is 10.1 Å². The van der Waals surface area contributed by atoms with Crippen LogP contribution in [0.25, 0.3) is 5.69 Å². The molecule has 0 aliphatic heterocycles. The molecule has 2 rings (SSSR count). The number of hydrogen-bond acceptors (Lipinski definition) is 6. The predicted octanol–water partition coefficient (Wildman–Crippen LogP) is 0.513. The number of nitro groups is 1. The van der Waals surface area contributed by atoms with E-state index in [1.807, 2.05) is 6.92 Å². The second kappa shape index (κ2) is 6.76. The fraction of sp³-hybridized carbons (Fsp3) is 0.308. The van der Waals surface area contributed by atoms with E-state index in [4.69, 9.17) is 0 Å².